The molecule has 1 fully saturated rings. The summed E-state index contributed by atoms with van der Waals surface area (Å²) >= 11 is 0. The third kappa shape index (κ3) is 3.84. The van der Waals surface area contributed by atoms with E-state index >= 15 is 0 Å². The van der Waals surface area contributed by atoms with Gasteiger partial charge < -0.3 is 24.8 Å². The Kier molecular flexibility index (Phi) is 5.06. The van der Waals surface area contributed by atoms with Gasteiger partial charge in [-0.3, -0.25) is 9.59 Å². The third-order valence-electron chi connectivity index (χ3n) is 4.26. The molecule has 2 N–H and O–H groups in total. The number of likely N-dealkylation sites (tertiary alicyclic amines) is 1. The van der Waals surface area contributed by atoms with Crippen LogP contribution in [0.4, 0.5) is 0 Å². The number of amides is 2. The predicted molar refractivity (Wildman–Crippen MR) is 86.3 cm³/mol. The van der Waals surface area contributed by atoms with Crippen molar-refractivity contribution in [1.82, 2.24) is 4.90 Å². The molecule has 1 aromatic rings. The molecule has 0 bridgehead atoms. The van der Waals surface area contributed by atoms with E-state index in [2.05, 4.69) is 0 Å². The Hall–Kier alpha value is -2.77. The van der Waals surface area contributed by atoms with E-state index in [9.17, 15) is 14.4 Å². The minimum absolute atomic E-state index is 0.266. The smallest absolute Gasteiger partial charge is 0.338 e. The van der Waals surface area contributed by atoms with Gasteiger partial charge in [-0.2, -0.15) is 0 Å². The Balaban J connectivity index is 1.60. The van der Waals surface area contributed by atoms with E-state index in [1.54, 1.807) is 12.1 Å². The molecule has 1 aromatic carbocycles. The molecular formula is C17H20N2O6. The molecule has 8 nitrogen and oxygen atoms in total. The van der Waals surface area contributed by atoms with Crippen LogP contribution in [0.25, 0.3) is 0 Å². The van der Waals surface area contributed by atoms with Crippen LogP contribution in [0.15, 0.2) is 18.2 Å². The number of hydrogen-bond donors (Lipinski definition) is 1. The third-order valence-corrected chi connectivity index (χ3v) is 4.26. The highest BCUT2D eigenvalue weighted by Crippen LogP contribution is 2.30. The van der Waals surface area contributed by atoms with Gasteiger partial charge in [-0.15, -0.1) is 0 Å². The first kappa shape index (κ1) is 17.1. The minimum Gasteiger partial charge on any atom is -0.486 e. The number of esters is 1. The van der Waals surface area contributed by atoms with Crippen LogP contribution in [0.5, 0.6) is 11.5 Å². The van der Waals surface area contributed by atoms with Crippen LogP contribution in [0.2, 0.25) is 0 Å². The molecule has 2 aliphatic rings. The normalized spacial score (nSPS) is 19.2. The number of nitrogens with two attached hydrogens (primary N) is 1. The minimum atomic E-state index is -0.641. The molecule has 134 valence electrons. The summed E-state index contributed by atoms with van der Waals surface area (Å²) in [6, 6.07) is 4.07. The van der Waals surface area contributed by atoms with Crippen molar-refractivity contribution in [3.05, 3.63) is 23.8 Å². The summed E-state index contributed by atoms with van der Waals surface area (Å²) < 4.78 is 15.9. The Labute approximate surface area is 144 Å². The summed E-state index contributed by atoms with van der Waals surface area (Å²) in [5.74, 6) is -0.563. The summed E-state index contributed by atoms with van der Waals surface area (Å²) in [5, 5.41) is 0. The number of piperidine rings is 1. The highest BCUT2D eigenvalue weighted by molar-refractivity contribution is 5.93. The number of ether oxygens (including phenoxy) is 3. The second kappa shape index (κ2) is 7.42. The number of carbonyl (C=O) groups is 3. The summed E-state index contributed by atoms with van der Waals surface area (Å²) in [5.41, 5.74) is 5.61. The van der Waals surface area contributed by atoms with E-state index in [0.717, 1.165) is 12.8 Å². The molecule has 0 unspecified atom stereocenters. The first-order chi connectivity index (χ1) is 12.1. The number of benzene rings is 1. The maximum Gasteiger partial charge on any atom is 0.338 e. The topological polar surface area (TPSA) is 108 Å². The molecule has 1 atom stereocenters. The Morgan fingerprint density at radius 1 is 1.16 bits per heavy atom. The first-order valence-electron chi connectivity index (χ1n) is 8.22. The second-order valence-electron chi connectivity index (χ2n) is 5.94. The fourth-order valence-corrected chi connectivity index (χ4v) is 2.99. The lowest BCUT2D eigenvalue weighted by Crippen LogP contribution is -2.51. The summed E-state index contributed by atoms with van der Waals surface area (Å²) in [7, 11) is 0. The number of nitrogens with zero attached hydrogens (tertiary/aromatic N) is 1. The highest BCUT2D eigenvalue weighted by Gasteiger charge is 2.31. The molecule has 2 amide bonds. The van der Waals surface area contributed by atoms with Gasteiger partial charge in [0.1, 0.15) is 19.3 Å². The van der Waals surface area contributed by atoms with E-state index in [-0.39, 0.29) is 5.56 Å². The largest absolute Gasteiger partial charge is 0.486 e. The highest BCUT2D eigenvalue weighted by atomic mass is 16.6. The molecule has 25 heavy (non-hydrogen) atoms. The zero-order valence-electron chi connectivity index (χ0n) is 13.7. The van der Waals surface area contributed by atoms with Crippen molar-refractivity contribution in [3.8, 4) is 11.5 Å². The van der Waals surface area contributed by atoms with E-state index < -0.39 is 30.4 Å². The molecular weight excluding hydrogens is 328 g/mol. The molecule has 2 aliphatic heterocycles. The van der Waals surface area contributed by atoms with Gasteiger partial charge in [0, 0.05) is 6.54 Å². The number of hydrogen-bond acceptors (Lipinski definition) is 6. The SMILES string of the molecule is NC(=O)[C@H]1CCCCN1C(=O)COC(=O)c1ccc2c(c1)OCCO2. The summed E-state index contributed by atoms with van der Waals surface area (Å²) in [4.78, 5) is 37.3. The van der Waals surface area contributed by atoms with Gasteiger partial charge in [-0.05, 0) is 37.5 Å². The van der Waals surface area contributed by atoms with E-state index in [0.29, 0.717) is 37.7 Å². The zero-order valence-corrected chi connectivity index (χ0v) is 13.7. The number of carbonyl (C=O) groups excluding carboxylic acids is 3. The zero-order chi connectivity index (χ0) is 17.8. The van der Waals surface area contributed by atoms with Gasteiger partial charge in [0.15, 0.2) is 18.1 Å². The van der Waals surface area contributed by atoms with Crippen molar-refractivity contribution in [1.29, 1.82) is 0 Å². The van der Waals surface area contributed by atoms with Crippen molar-refractivity contribution in [2.75, 3.05) is 26.4 Å². The number of primary amides is 1. The van der Waals surface area contributed by atoms with Gasteiger partial charge in [-0.1, -0.05) is 0 Å². The number of rotatable bonds is 4. The van der Waals surface area contributed by atoms with Crippen molar-refractivity contribution in [2.24, 2.45) is 5.73 Å². The standard InChI is InChI=1S/C17H20N2O6/c18-16(21)12-3-1-2-6-19(12)15(20)10-25-17(22)11-4-5-13-14(9-11)24-8-7-23-13/h4-5,9,12H,1-3,6-8,10H2,(H2,18,21)/t12-/m1/s1. The van der Waals surface area contributed by atoms with Crippen LogP contribution in [0, 0.1) is 0 Å². The van der Waals surface area contributed by atoms with Crippen molar-refractivity contribution >= 4 is 17.8 Å². The van der Waals surface area contributed by atoms with Gasteiger partial charge in [0.25, 0.3) is 5.91 Å². The number of fused-ring (bicyclic) bond motifs is 1. The van der Waals surface area contributed by atoms with Crippen molar-refractivity contribution < 1.29 is 28.6 Å². The van der Waals surface area contributed by atoms with Gasteiger partial charge in [0.2, 0.25) is 5.91 Å². The first-order valence-corrected chi connectivity index (χ1v) is 8.22. The Morgan fingerprint density at radius 2 is 1.92 bits per heavy atom. The molecule has 0 spiro atoms. The average molecular weight is 348 g/mol. The quantitative estimate of drug-likeness (QED) is 0.793. The lowest BCUT2D eigenvalue weighted by molar-refractivity contribution is -0.143. The van der Waals surface area contributed by atoms with Crippen molar-refractivity contribution in [2.45, 2.75) is 25.3 Å². The monoisotopic (exact) mass is 348 g/mol. The molecule has 1 saturated heterocycles. The predicted octanol–water partition coefficient (Wildman–Crippen LogP) is 0.481. The molecule has 8 heteroatoms. The van der Waals surface area contributed by atoms with Crippen LogP contribution in [0.3, 0.4) is 0 Å². The van der Waals surface area contributed by atoms with E-state index in [1.165, 1.54) is 11.0 Å². The van der Waals surface area contributed by atoms with Gasteiger partial charge in [0.05, 0.1) is 5.56 Å². The molecule has 0 radical (unpaired) electrons. The second-order valence-corrected chi connectivity index (χ2v) is 5.94. The lowest BCUT2D eigenvalue weighted by Gasteiger charge is -2.33. The van der Waals surface area contributed by atoms with Crippen LogP contribution < -0.4 is 15.2 Å². The summed E-state index contributed by atoms with van der Waals surface area (Å²) in [6.07, 6.45) is 2.18. The van der Waals surface area contributed by atoms with E-state index in [1.807, 2.05) is 0 Å². The maximum absolute atomic E-state index is 12.3. The lowest BCUT2D eigenvalue weighted by atomic mass is 10.0. The Morgan fingerprint density at radius 3 is 2.68 bits per heavy atom. The van der Waals surface area contributed by atoms with Crippen LogP contribution in [0.1, 0.15) is 29.6 Å². The Bertz CT molecular complexity index is 690. The molecule has 2 heterocycles. The van der Waals surface area contributed by atoms with Crippen LogP contribution in [-0.2, 0) is 14.3 Å². The van der Waals surface area contributed by atoms with Crippen LogP contribution in [-0.4, -0.2) is 55.1 Å². The summed E-state index contributed by atoms with van der Waals surface area (Å²) in [6.45, 7) is 0.876. The fourth-order valence-electron chi connectivity index (χ4n) is 2.99. The van der Waals surface area contributed by atoms with E-state index in [4.69, 9.17) is 19.9 Å². The van der Waals surface area contributed by atoms with Gasteiger partial charge >= 0.3 is 5.97 Å². The molecule has 0 saturated carbocycles. The molecule has 3 rings (SSSR count). The van der Waals surface area contributed by atoms with Crippen molar-refractivity contribution in [3.63, 3.8) is 0 Å². The van der Waals surface area contributed by atoms with Crippen LogP contribution >= 0.6 is 0 Å². The van der Waals surface area contributed by atoms with Gasteiger partial charge in [-0.25, -0.2) is 4.79 Å². The average Bonchev–Trinajstić information content (AvgIpc) is 2.65. The molecule has 0 aromatic heterocycles. The fraction of sp³-hybridized carbons (Fsp3) is 0.471. The molecule has 0 aliphatic carbocycles. The maximum atomic E-state index is 12.3.